The average Bonchev–Trinajstić information content (AvgIpc) is 3.15. The standard InChI is InChI=1S/C20H23N5O3S/c1-15(2)16-6-8-17(9-7-16)29(26,27)24-11-12-25-19(13-24)18(22-23-25)14-28-20-5-3-4-10-21-20/h3-10,15H,11-14H2,1-2H3. The van der Waals surface area contributed by atoms with Crippen LogP contribution < -0.4 is 4.74 Å². The number of aromatic nitrogens is 4. The van der Waals surface area contributed by atoms with Gasteiger partial charge in [-0.3, -0.25) is 0 Å². The molecule has 152 valence electrons. The lowest BCUT2D eigenvalue weighted by Crippen LogP contribution is -2.38. The molecule has 2 aromatic heterocycles. The van der Waals surface area contributed by atoms with E-state index >= 15 is 0 Å². The maximum absolute atomic E-state index is 13.1. The molecule has 4 rings (SSSR count). The quantitative estimate of drug-likeness (QED) is 0.617. The molecule has 0 aliphatic carbocycles. The Balaban J connectivity index is 1.52. The Kier molecular flexibility index (Phi) is 5.33. The maximum atomic E-state index is 13.1. The molecular formula is C20H23N5O3S. The van der Waals surface area contributed by atoms with Gasteiger partial charge >= 0.3 is 0 Å². The normalized spacial score (nSPS) is 14.7. The Morgan fingerprint density at radius 3 is 2.59 bits per heavy atom. The van der Waals surface area contributed by atoms with Crippen molar-refractivity contribution in [3.05, 3.63) is 65.6 Å². The van der Waals surface area contributed by atoms with E-state index in [9.17, 15) is 8.42 Å². The van der Waals surface area contributed by atoms with E-state index in [4.69, 9.17) is 4.74 Å². The lowest BCUT2D eigenvalue weighted by Gasteiger charge is -2.27. The number of ether oxygens (including phenoxy) is 1. The highest BCUT2D eigenvalue weighted by Gasteiger charge is 2.31. The average molecular weight is 414 g/mol. The second-order valence-corrected chi connectivity index (χ2v) is 9.16. The Morgan fingerprint density at radius 1 is 1.10 bits per heavy atom. The van der Waals surface area contributed by atoms with Crippen LogP contribution in [-0.2, 0) is 29.7 Å². The van der Waals surface area contributed by atoms with Crippen molar-refractivity contribution in [1.82, 2.24) is 24.3 Å². The fraction of sp³-hybridized carbons (Fsp3) is 0.350. The van der Waals surface area contributed by atoms with Crippen LogP contribution >= 0.6 is 0 Å². The van der Waals surface area contributed by atoms with Gasteiger partial charge in [0.2, 0.25) is 15.9 Å². The topological polar surface area (TPSA) is 90.2 Å². The first-order valence-electron chi connectivity index (χ1n) is 9.50. The highest BCUT2D eigenvalue weighted by atomic mass is 32.2. The van der Waals surface area contributed by atoms with Crippen LogP contribution in [-0.4, -0.2) is 39.2 Å². The van der Waals surface area contributed by atoms with Gasteiger partial charge in [-0.1, -0.05) is 37.3 Å². The predicted octanol–water partition coefficient (Wildman–Crippen LogP) is 2.58. The molecule has 0 spiro atoms. The number of sulfonamides is 1. The molecule has 1 aromatic carbocycles. The molecule has 3 aromatic rings. The molecule has 0 radical (unpaired) electrons. The van der Waals surface area contributed by atoms with Gasteiger partial charge in [0.05, 0.1) is 23.7 Å². The van der Waals surface area contributed by atoms with Crippen molar-refractivity contribution in [1.29, 1.82) is 0 Å². The van der Waals surface area contributed by atoms with Crippen LogP contribution in [0.25, 0.3) is 0 Å². The summed E-state index contributed by atoms with van der Waals surface area (Å²) in [4.78, 5) is 4.42. The van der Waals surface area contributed by atoms with Crippen LogP contribution in [0, 0.1) is 0 Å². The first kappa shape index (κ1) is 19.5. The first-order chi connectivity index (χ1) is 13.9. The van der Waals surface area contributed by atoms with E-state index < -0.39 is 10.0 Å². The van der Waals surface area contributed by atoms with Gasteiger partial charge in [-0.2, -0.15) is 4.31 Å². The van der Waals surface area contributed by atoms with Crippen LogP contribution in [0.4, 0.5) is 0 Å². The van der Waals surface area contributed by atoms with Crippen molar-refractivity contribution < 1.29 is 13.2 Å². The van der Waals surface area contributed by atoms with Gasteiger partial charge in [-0.05, 0) is 29.7 Å². The van der Waals surface area contributed by atoms with E-state index in [0.717, 1.165) is 11.3 Å². The predicted molar refractivity (Wildman–Crippen MR) is 107 cm³/mol. The summed E-state index contributed by atoms with van der Waals surface area (Å²) < 4.78 is 35.1. The van der Waals surface area contributed by atoms with E-state index in [1.165, 1.54) is 4.31 Å². The second-order valence-electron chi connectivity index (χ2n) is 7.22. The van der Waals surface area contributed by atoms with Gasteiger partial charge in [-0.25, -0.2) is 18.1 Å². The summed E-state index contributed by atoms with van der Waals surface area (Å²) in [6.07, 6.45) is 1.65. The van der Waals surface area contributed by atoms with E-state index in [-0.39, 0.29) is 13.2 Å². The third-order valence-electron chi connectivity index (χ3n) is 4.98. The molecule has 0 amide bonds. The molecule has 0 unspecified atom stereocenters. The lowest BCUT2D eigenvalue weighted by molar-refractivity contribution is 0.281. The molecule has 9 heteroatoms. The van der Waals surface area contributed by atoms with Crippen molar-refractivity contribution in [3.8, 4) is 5.88 Å². The van der Waals surface area contributed by atoms with Crippen molar-refractivity contribution in [2.45, 2.75) is 44.4 Å². The van der Waals surface area contributed by atoms with Crippen molar-refractivity contribution >= 4 is 10.0 Å². The highest BCUT2D eigenvalue weighted by Crippen LogP contribution is 2.24. The van der Waals surface area contributed by atoms with Crippen LogP contribution in [0.2, 0.25) is 0 Å². The SMILES string of the molecule is CC(C)c1ccc(S(=O)(=O)N2CCn3nnc(COc4ccccn4)c3C2)cc1. The number of pyridine rings is 1. The number of nitrogens with zero attached hydrogens (tertiary/aromatic N) is 5. The van der Waals surface area contributed by atoms with Crippen molar-refractivity contribution in [2.75, 3.05) is 6.54 Å². The molecule has 3 heterocycles. The molecule has 0 fully saturated rings. The van der Waals surface area contributed by atoms with Gasteiger partial charge in [0, 0.05) is 18.8 Å². The first-order valence-corrected chi connectivity index (χ1v) is 10.9. The Labute approximate surface area is 170 Å². The number of benzene rings is 1. The molecule has 0 atom stereocenters. The summed E-state index contributed by atoms with van der Waals surface area (Å²) in [5, 5.41) is 8.31. The summed E-state index contributed by atoms with van der Waals surface area (Å²) in [7, 11) is -3.60. The molecule has 29 heavy (non-hydrogen) atoms. The number of rotatable bonds is 6. The number of fused-ring (bicyclic) bond motifs is 1. The largest absolute Gasteiger partial charge is 0.471 e. The van der Waals surface area contributed by atoms with Crippen LogP contribution in [0.15, 0.2) is 53.6 Å². The Bertz CT molecular complexity index is 1080. The lowest BCUT2D eigenvalue weighted by atomic mass is 10.0. The minimum Gasteiger partial charge on any atom is -0.471 e. The van der Waals surface area contributed by atoms with Crippen LogP contribution in [0.5, 0.6) is 5.88 Å². The zero-order valence-corrected chi connectivity index (χ0v) is 17.2. The van der Waals surface area contributed by atoms with Crippen LogP contribution in [0.1, 0.15) is 36.7 Å². The van der Waals surface area contributed by atoms with E-state index in [1.807, 2.05) is 24.3 Å². The third kappa shape index (κ3) is 4.01. The Hall–Kier alpha value is -2.78. The zero-order valence-electron chi connectivity index (χ0n) is 16.4. The number of hydrogen-bond acceptors (Lipinski definition) is 6. The Morgan fingerprint density at radius 2 is 1.90 bits per heavy atom. The van der Waals surface area contributed by atoms with E-state index in [2.05, 4.69) is 29.1 Å². The number of hydrogen-bond donors (Lipinski definition) is 0. The van der Waals surface area contributed by atoms with Crippen molar-refractivity contribution in [3.63, 3.8) is 0 Å². The van der Waals surface area contributed by atoms with Gasteiger partial charge < -0.3 is 4.74 Å². The summed E-state index contributed by atoms with van der Waals surface area (Å²) in [6.45, 7) is 5.36. The minimum absolute atomic E-state index is 0.184. The molecule has 1 aliphatic rings. The summed E-state index contributed by atoms with van der Waals surface area (Å²) >= 11 is 0. The third-order valence-corrected chi connectivity index (χ3v) is 6.84. The molecule has 0 saturated carbocycles. The fourth-order valence-corrected chi connectivity index (χ4v) is 4.63. The molecule has 8 nitrogen and oxygen atoms in total. The monoisotopic (exact) mass is 413 g/mol. The fourth-order valence-electron chi connectivity index (χ4n) is 3.24. The molecule has 0 saturated heterocycles. The van der Waals surface area contributed by atoms with E-state index in [1.54, 1.807) is 29.1 Å². The van der Waals surface area contributed by atoms with Crippen LogP contribution in [0.3, 0.4) is 0 Å². The molecular weight excluding hydrogens is 390 g/mol. The van der Waals surface area contributed by atoms with Crippen molar-refractivity contribution in [2.24, 2.45) is 0 Å². The summed E-state index contributed by atoms with van der Waals surface area (Å²) in [5.74, 6) is 0.837. The smallest absolute Gasteiger partial charge is 0.243 e. The second kappa shape index (κ2) is 7.92. The summed E-state index contributed by atoms with van der Waals surface area (Å²) in [5.41, 5.74) is 2.47. The zero-order chi connectivity index (χ0) is 20.4. The minimum atomic E-state index is -3.60. The highest BCUT2D eigenvalue weighted by molar-refractivity contribution is 7.89. The molecule has 0 bridgehead atoms. The van der Waals surface area contributed by atoms with E-state index in [0.29, 0.717) is 35.5 Å². The van der Waals surface area contributed by atoms with Gasteiger partial charge in [-0.15, -0.1) is 5.10 Å². The van der Waals surface area contributed by atoms with Gasteiger partial charge in [0.1, 0.15) is 12.3 Å². The maximum Gasteiger partial charge on any atom is 0.243 e. The van der Waals surface area contributed by atoms with Gasteiger partial charge in [0.15, 0.2) is 0 Å². The van der Waals surface area contributed by atoms with Gasteiger partial charge in [0.25, 0.3) is 0 Å². The summed E-state index contributed by atoms with van der Waals surface area (Å²) in [6, 6.07) is 12.5. The molecule has 0 N–H and O–H groups in total. The molecule has 1 aliphatic heterocycles.